The normalized spacial score (nSPS) is 19.5. The average Bonchev–Trinajstić information content (AvgIpc) is 2.58. The van der Waals surface area contributed by atoms with Crippen molar-refractivity contribution in [2.45, 2.75) is 12.5 Å². The van der Waals surface area contributed by atoms with Gasteiger partial charge in [0.1, 0.15) is 6.04 Å². The van der Waals surface area contributed by atoms with E-state index in [1.165, 1.54) is 0 Å². The smallest absolute Gasteiger partial charge is 0.247 e. The second-order valence-corrected chi connectivity index (χ2v) is 6.03. The number of carbonyl (C=O) groups is 2. The first-order valence-corrected chi connectivity index (χ1v) is 7.60. The van der Waals surface area contributed by atoms with E-state index in [4.69, 9.17) is 23.2 Å². The summed E-state index contributed by atoms with van der Waals surface area (Å²) in [6.07, 6.45) is 0.446. The van der Waals surface area contributed by atoms with Gasteiger partial charge >= 0.3 is 0 Å². The molecule has 102 valence electrons. The van der Waals surface area contributed by atoms with Crippen LogP contribution in [0.15, 0.2) is 18.2 Å². The van der Waals surface area contributed by atoms with Gasteiger partial charge in [0.05, 0.1) is 10.0 Å². The average molecular weight is 319 g/mol. The molecule has 1 fully saturated rings. The first kappa shape index (κ1) is 14.5. The number of nitrogens with one attached hydrogen (secondary N) is 2. The third-order valence-electron chi connectivity index (χ3n) is 2.60. The Bertz CT molecular complexity index is 511. The van der Waals surface area contributed by atoms with Gasteiger partial charge in [-0.2, -0.15) is 11.8 Å². The van der Waals surface area contributed by atoms with E-state index < -0.39 is 6.04 Å². The second kappa shape index (κ2) is 6.50. The van der Waals surface area contributed by atoms with Gasteiger partial charge in [0.2, 0.25) is 11.8 Å². The molecule has 1 atom stereocenters. The van der Waals surface area contributed by atoms with Gasteiger partial charge in [0.25, 0.3) is 0 Å². The van der Waals surface area contributed by atoms with Crippen molar-refractivity contribution in [3.05, 3.63) is 28.2 Å². The zero-order valence-electron chi connectivity index (χ0n) is 9.91. The predicted octanol–water partition coefficient (Wildman–Crippen LogP) is 2.55. The minimum atomic E-state index is -0.519. The molecule has 1 aliphatic rings. The fourth-order valence-corrected chi connectivity index (χ4v) is 2.88. The lowest BCUT2D eigenvalue weighted by atomic mass is 10.2. The van der Waals surface area contributed by atoms with Crippen LogP contribution >= 0.6 is 35.0 Å². The summed E-state index contributed by atoms with van der Waals surface area (Å²) >= 11 is 13.3. The van der Waals surface area contributed by atoms with Gasteiger partial charge in [-0.25, -0.2) is 0 Å². The van der Waals surface area contributed by atoms with Crippen molar-refractivity contribution in [3.63, 3.8) is 0 Å². The standard InChI is InChI=1S/C12H12Cl2N2O2S/c13-8-2-1-7(5-9(8)14)15-12(18)10-6-19-4-3-11(17)16-10/h1-2,5,10H,3-4,6H2,(H,15,18)(H,16,17). The van der Waals surface area contributed by atoms with Crippen LogP contribution in [0.2, 0.25) is 10.0 Å². The van der Waals surface area contributed by atoms with Crippen LogP contribution in [0.25, 0.3) is 0 Å². The summed E-state index contributed by atoms with van der Waals surface area (Å²) in [5, 5.41) is 6.21. The van der Waals surface area contributed by atoms with Crippen LogP contribution in [0.4, 0.5) is 5.69 Å². The van der Waals surface area contributed by atoms with Crippen molar-refractivity contribution in [1.82, 2.24) is 5.32 Å². The summed E-state index contributed by atoms with van der Waals surface area (Å²) in [5.41, 5.74) is 0.558. The molecule has 0 radical (unpaired) electrons. The maximum atomic E-state index is 12.0. The molecule has 2 N–H and O–H groups in total. The maximum Gasteiger partial charge on any atom is 0.247 e. The number of hydrogen-bond acceptors (Lipinski definition) is 3. The van der Waals surface area contributed by atoms with Gasteiger partial charge in [-0.3, -0.25) is 9.59 Å². The lowest BCUT2D eigenvalue weighted by Crippen LogP contribution is -2.44. The molecule has 1 aliphatic heterocycles. The Morgan fingerprint density at radius 2 is 2.16 bits per heavy atom. The van der Waals surface area contributed by atoms with Crippen LogP contribution in [0.1, 0.15) is 6.42 Å². The van der Waals surface area contributed by atoms with Crippen LogP contribution < -0.4 is 10.6 Å². The molecule has 0 aliphatic carbocycles. The number of anilines is 1. The minimum absolute atomic E-state index is 0.0979. The van der Waals surface area contributed by atoms with Gasteiger partial charge in [-0.1, -0.05) is 23.2 Å². The van der Waals surface area contributed by atoms with Crippen LogP contribution in [0.5, 0.6) is 0 Å². The first-order valence-electron chi connectivity index (χ1n) is 5.69. The molecule has 19 heavy (non-hydrogen) atoms. The second-order valence-electron chi connectivity index (χ2n) is 4.06. The number of thioether (sulfide) groups is 1. The highest BCUT2D eigenvalue weighted by molar-refractivity contribution is 7.99. The Kier molecular flexibility index (Phi) is 4.96. The Morgan fingerprint density at radius 3 is 2.89 bits per heavy atom. The van der Waals surface area contributed by atoms with Crippen molar-refractivity contribution >= 4 is 52.5 Å². The molecule has 1 saturated heterocycles. The van der Waals surface area contributed by atoms with Crippen LogP contribution in [0.3, 0.4) is 0 Å². The predicted molar refractivity (Wildman–Crippen MR) is 79.0 cm³/mol. The maximum absolute atomic E-state index is 12.0. The van der Waals surface area contributed by atoms with Crippen molar-refractivity contribution in [2.24, 2.45) is 0 Å². The molecule has 1 aromatic rings. The SMILES string of the molecule is O=C1CCSCC(C(=O)Nc2ccc(Cl)c(Cl)c2)N1. The molecule has 0 saturated carbocycles. The van der Waals surface area contributed by atoms with Gasteiger partial charge < -0.3 is 10.6 Å². The molecule has 1 heterocycles. The summed E-state index contributed by atoms with van der Waals surface area (Å²) < 4.78 is 0. The zero-order valence-corrected chi connectivity index (χ0v) is 12.2. The molecular formula is C12H12Cl2N2O2S. The van der Waals surface area contributed by atoms with E-state index in [9.17, 15) is 9.59 Å². The summed E-state index contributed by atoms with van der Waals surface area (Å²) in [6.45, 7) is 0. The molecule has 4 nitrogen and oxygen atoms in total. The summed E-state index contributed by atoms with van der Waals surface area (Å²) in [5.74, 6) is 0.960. The topological polar surface area (TPSA) is 58.2 Å². The van der Waals surface area contributed by atoms with E-state index in [0.29, 0.717) is 27.9 Å². The summed E-state index contributed by atoms with van der Waals surface area (Å²) in [6, 6.07) is 4.33. The monoisotopic (exact) mass is 318 g/mol. The van der Waals surface area contributed by atoms with Crippen LogP contribution in [-0.4, -0.2) is 29.4 Å². The van der Waals surface area contributed by atoms with E-state index >= 15 is 0 Å². The summed E-state index contributed by atoms with van der Waals surface area (Å²) in [4.78, 5) is 23.5. The quantitative estimate of drug-likeness (QED) is 0.881. The van der Waals surface area contributed by atoms with Gasteiger partial charge in [-0.05, 0) is 18.2 Å². The largest absolute Gasteiger partial charge is 0.343 e. The number of hydrogen-bond donors (Lipinski definition) is 2. The molecule has 0 spiro atoms. The van der Waals surface area contributed by atoms with Gasteiger partial charge in [0.15, 0.2) is 0 Å². The Morgan fingerprint density at radius 1 is 1.37 bits per heavy atom. The number of halogens is 2. The molecule has 1 unspecified atom stereocenters. The number of rotatable bonds is 2. The molecule has 0 bridgehead atoms. The molecule has 0 aromatic heterocycles. The highest BCUT2D eigenvalue weighted by atomic mass is 35.5. The van der Waals surface area contributed by atoms with Crippen molar-refractivity contribution in [2.75, 3.05) is 16.8 Å². The number of amides is 2. The molecule has 2 amide bonds. The third-order valence-corrected chi connectivity index (χ3v) is 4.40. The van der Waals surface area contributed by atoms with E-state index in [1.807, 2.05) is 0 Å². The lowest BCUT2D eigenvalue weighted by molar-refractivity contribution is -0.125. The molecule has 2 rings (SSSR count). The fraction of sp³-hybridized carbons (Fsp3) is 0.333. The summed E-state index contributed by atoms with van der Waals surface area (Å²) in [7, 11) is 0. The van der Waals surface area contributed by atoms with Crippen molar-refractivity contribution in [1.29, 1.82) is 0 Å². The highest BCUT2D eigenvalue weighted by Gasteiger charge is 2.23. The Balaban J connectivity index is 2.03. The molecule has 7 heteroatoms. The minimum Gasteiger partial charge on any atom is -0.343 e. The van der Waals surface area contributed by atoms with Crippen molar-refractivity contribution < 1.29 is 9.59 Å². The Hall–Kier alpha value is -0.910. The fourth-order valence-electron chi connectivity index (χ4n) is 1.62. The number of benzene rings is 1. The molecular weight excluding hydrogens is 307 g/mol. The third kappa shape index (κ3) is 4.03. The van der Waals surface area contributed by atoms with Crippen LogP contribution in [-0.2, 0) is 9.59 Å². The first-order chi connectivity index (χ1) is 9.06. The highest BCUT2D eigenvalue weighted by Crippen LogP contribution is 2.25. The lowest BCUT2D eigenvalue weighted by Gasteiger charge is -2.15. The zero-order chi connectivity index (χ0) is 13.8. The van der Waals surface area contributed by atoms with E-state index in [0.717, 1.165) is 5.75 Å². The van der Waals surface area contributed by atoms with Gasteiger partial charge in [0, 0.05) is 23.6 Å². The van der Waals surface area contributed by atoms with E-state index in [1.54, 1.807) is 30.0 Å². The number of carbonyl (C=O) groups excluding carboxylic acids is 2. The Labute approximate surface area is 125 Å². The molecule has 1 aromatic carbocycles. The van der Waals surface area contributed by atoms with Crippen molar-refractivity contribution in [3.8, 4) is 0 Å². The van der Waals surface area contributed by atoms with E-state index in [2.05, 4.69) is 10.6 Å². The van der Waals surface area contributed by atoms with E-state index in [-0.39, 0.29) is 11.8 Å². The van der Waals surface area contributed by atoms with Gasteiger partial charge in [-0.15, -0.1) is 0 Å². The van der Waals surface area contributed by atoms with Crippen LogP contribution in [0, 0.1) is 0 Å².